The number of piperidine rings is 1. The number of anilines is 1. The summed E-state index contributed by atoms with van der Waals surface area (Å²) < 4.78 is 2.24. The van der Waals surface area contributed by atoms with Gasteiger partial charge in [-0.15, -0.1) is 10.2 Å². The van der Waals surface area contributed by atoms with Crippen LogP contribution >= 0.6 is 0 Å². The first-order chi connectivity index (χ1) is 11.7. The molecule has 7 nitrogen and oxygen atoms in total. The Bertz CT molecular complexity index is 755. The summed E-state index contributed by atoms with van der Waals surface area (Å²) in [6.45, 7) is 4.39. The molecule has 4 heterocycles. The molecule has 4 rings (SSSR count). The average Bonchev–Trinajstić information content (AvgIpc) is 3.18. The number of nitrogens with one attached hydrogen (secondary N) is 1. The Morgan fingerprint density at radius 3 is 3.04 bits per heavy atom. The maximum Gasteiger partial charge on any atom is 0.323 e. The summed E-state index contributed by atoms with van der Waals surface area (Å²) >= 11 is 0. The zero-order chi connectivity index (χ0) is 16.5. The van der Waals surface area contributed by atoms with E-state index in [-0.39, 0.29) is 11.9 Å². The Morgan fingerprint density at radius 2 is 2.17 bits per heavy atom. The zero-order valence-electron chi connectivity index (χ0n) is 13.9. The monoisotopic (exact) mass is 326 g/mol. The van der Waals surface area contributed by atoms with Crippen LogP contribution in [-0.2, 0) is 13.0 Å². The molecule has 1 N–H and O–H groups in total. The van der Waals surface area contributed by atoms with Gasteiger partial charge in [-0.05, 0) is 38.3 Å². The molecule has 1 saturated heterocycles. The van der Waals surface area contributed by atoms with Gasteiger partial charge in [0.25, 0.3) is 0 Å². The summed E-state index contributed by atoms with van der Waals surface area (Å²) in [5.41, 5.74) is 0.892. The Morgan fingerprint density at radius 1 is 1.25 bits per heavy atom. The lowest BCUT2D eigenvalue weighted by Crippen LogP contribution is -2.42. The Kier molecular flexibility index (Phi) is 3.92. The highest BCUT2D eigenvalue weighted by Crippen LogP contribution is 2.28. The van der Waals surface area contributed by atoms with Crippen LogP contribution in [-0.4, -0.2) is 43.8 Å². The third-order valence-corrected chi connectivity index (χ3v) is 4.84. The second-order valence-corrected chi connectivity index (χ2v) is 6.61. The van der Waals surface area contributed by atoms with Crippen molar-refractivity contribution < 1.29 is 4.79 Å². The van der Waals surface area contributed by atoms with Crippen molar-refractivity contribution in [2.24, 2.45) is 0 Å². The molecule has 0 radical (unpaired) electrons. The van der Waals surface area contributed by atoms with Gasteiger partial charge in [0.05, 0.1) is 0 Å². The normalized spacial score (nSPS) is 20.0. The number of urea groups is 1. The number of carbonyl (C=O) groups is 1. The van der Waals surface area contributed by atoms with Crippen molar-refractivity contribution in [1.29, 1.82) is 0 Å². The molecule has 1 atom stereocenters. The van der Waals surface area contributed by atoms with Crippen LogP contribution in [0.1, 0.15) is 42.5 Å². The maximum atomic E-state index is 12.6. The van der Waals surface area contributed by atoms with Gasteiger partial charge in [0.2, 0.25) is 0 Å². The van der Waals surface area contributed by atoms with E-state index in [1.165, 1.54) is 0 Å². The number of hydrogen-bond donors (Lipinski definition) is 1. The first kappa shape index (κ1) is 15.1. The fourth-order valence-corrected chi connectivity index (χ4v) is 3.65. The van der Waals surface area contributed by atoms with E-state index in [9.17, 15) is 4.79 Å². The predicted molar refractivity (Wildman–Crippen MR) is 89.9 cm³/mol. The summed E-state index contributed by atoms with van der Waals surface area (Å²) in [7, 11) is 0. The van der Waals surface area contributed by atoms with Crippen LogP contribution in [0.5, 0.6) is 0 Å². The largest absolute Gasteiger partial charge is 0.324 e. The molecule has 2 aliphatic heterocycles. The summed E-state index contributed by atoms with van der Waals surface area (Å²) in [5.74, 6) is 3.02. The minimum atomic E-state index is -0.0843. The van der Waals surface area contributed by atoms with Gasteiger partial charge < -0.3 is 9.47 Å². The van der Waals surface area contributed by atoms with E-state index in [1.54, 1.807) is 0 Å². The molecule has 2 aromatic heterocycles. The molecule has 7 heteroatoms. The summed E-state index contributed by atoms with van der Waals surface area (Å²) in [4.78, 5) is 18.8. The molecule has 0 aliphatic carbocycles. The minimum absolute atomic E-state index is 0.0843. The van der Waals surface area contributed by atoms with Crippen molar-refractivity contribution in [3.05, 3.63) is 35.5 Å². The molecular weight excluding hydrogens is 304 g/mol. The van der Waals surface area contributed by atoms with Crippen LogP contribution in [0, 0.1) is 6.92 Å². The molecule has 1 fully saturated rings. The summed E-state index contributed by atoms with van der Waals surface area (Å²) in [5, 5.41) is 11.6. The SMILES string of the molecule is Cc1cccc(NC(=O)N2CCC[C@H](c3nnc4n3CCC4)C2)n1. The van der Waals surface area contributed by atoms with Crippen LogP contribution in [0.2, 0.25) is 0 Å². The second kappa shape index (κ2) is 6.22. The van der Waals surface area contributed by atoms with Crippen molar-refractivity contribution in [1.82, 2.24) is 24.6 Å². The van der Waals surface area contributed by atoms with Crippen molar-refractivity contribution in [2.75, 3.05) is 18.4 Å². The second-order valence-electron chi connectivity index (χ2n) is 6.61. The van der Waals surface area contributed by atoms with Gasteiger partial charge in [0.15, 0.2) is 0 Å². The molecule has 0 saturated carbocycles. The number of hydrogen-bond acceptors (Lipinski definition) is 4. The number of aromatic nitrogens is 4. The van der Waals surface area contributed by atoms with E-state index in [0.717, 1.165) is 56.1 Å². The third-order valence-electron chi connectivity index (χ3n) is 4.84. The van der Waals surface area contributed by atoms with Crippen molar-refractivity contribution in [3.8, 4) is 0 Å². The molecule has 126 valence electrons. The number of pyridine rings is 1. The molecule has 0 aromatic carbocycles. The first-order valence-electron chi connectivity index (χ1n) is 8.62. The average molecular weight is 326 g/mol. The Labute approximate surface area is 141 Å². The van der Waals surface area contributed by atoms with Gasteiger partial charge >= 0.3 is 6.03 Å². The third kappa shape index (κ3) is 2.86. The van der Waals surface area contributed by atoms with Gasteiger partial charge in [0, 0.05) is 37.7 Å². The topological polar surface area (TPSA) is 75.9 Å². The van der Waals surface area contributed by atoms with Gasteiger partial charge in [-0.25, -0.2) is 9.78 Å². The highest BCUT2D eigenvalue weighted by Gasteiger charge is 2.30. The van der Waals surface area contributed by atoms with Crippen LogP contribution in [0.25, 0.3) is 0 Å². The number of carbonyl (C=O) groups excluding carboxylic acids is 1. The standard InChI is InChI=1S/C17H22N6O/c1-12-5-2-7-14(18-12)19-17(24)22-9-3-6-13(11-22)16-21-20-15-8-4-10-23(15)16/h2,5,7,13H,3-4,6,8-11H2,1H3,(H,18,19,24)/t13-/m0/s1. The number of likely N-dealkylation sites (tertiary alicyclic amines) is 1. The maximum absolute atomic E-state index is 12.6. The number of amides is 2. The molecular formula is C17H22N6O. The van der Waals surface area contributed by atoms with Crippen LogP contribution < -0.4 is 5.32 Å². The number of rotatable bonds is 2. The Balaban J connectivity index is 1.45. The van der Waals surface area contributed by atoms with E-state index in [2.05, 4.69) is 25.1 Å². The number of aryl methyl sites for hydroxylation is 2. The molecule has 2 aromatic rings. The van der Waals surface area contributed by atoms with Gasteiger partial charge in [-0.2, -0.15) is 0 Å². The highest BCUT2D eigenvalue weighted by molar-refractivity contribution is 5.88. The molecule has 2 aliphatic rings. The number of nitrogens with zero attached hydrogens (tertiary/aromatic N) is 5. The lowest BCUT2D eigenvalue weighted by atomic mass is 9.97. The fourth-order valence-electron chi connectivity index (χ4n) is 3.65. The van der Waals surface area contributed by atoms with Gasteiger partial charge in [-0.1, -0.05) is 6.07 Å². The van der Waals surface area contributed by atoms with Gasteiger partial charge in [-0.3, -0.25) is 5.32 Å². The van der Waals surface area contributed by atoms with E-state index in [4.69, 9.17) is 0 Å². The summed E-state index contributed by atoms with van der Waals surface area (Å²) in [6.07, 6.45) is 4.21. The highest BCUT2D eigenvalue weighted by atomic mass is 16.2. The van der Waals surface area contributed by atoms with Crippen LogP contribution in [0.15, 0.2) is 18.2 Å². The van der Waals surface area contributed by atoms with Crippen molar-refractivity contribution >= 4 is 11.8 Å². The van der Waals surface area contributed by atoms with Crippen molar-refractivity contribution in [2.45, 2.75) is 45.1 Å². The minimum Gasteiger partial charge on any atom is -0.324 e. The molecule has 2 amide bonds. The van der Waals surface area contributed by atoms with Crippen molar-refractivity contribution in [3.63, 3.8) is 0 Å². The molecule has 0 spiro atoms. The first-order valence-corrected chi connectivity index (χ1v) is 8.62. The van der Waals surface area contributed by atoms with Crippen LogP contribution in [0.3, 0.4) is 0 Å². The smallest absolute Gasteiger partial charge is 0.323 e. The predicted octanol–water partition coefficient (Wildman–Crippen LogP) is 2.34. The van der Waals surface area contributed by atoms with E-state index >= 15 is 0 Å². The zero-order valence-corrected chi connectivity index (χ0v) is 13.9. The quantitative estimate of drug-likeness (QED) is 0.919. The van der Waals surface area contributed by atoms with Gasteiger partial charge in [0.1, 0.15) is 17.5 Å². The van der Waals surface area contributed by atoms with E-state index < -0.39 is 0 Å². The molecule has 24 heavy (non-hydrogen) atoms. The molecule has 0 bridgehead atoms. The Hall–Kier alpha value is -2.44. The molecule has 0 unspecified atom stereocenters. The fraction of sp³-hybridized carbons (Fsp3) is 0.529. The van der Waals surface area contributed by atoms with E-state index in [0.29, 0.717) is 12.4 Å². The summed E-state index contributed by atoms with van der Waals surface area (Å²) in [6, 6.07) is 5.55. The lowest BCUT2D eigenvalue weighted by molar-refractivity contribution is 0.190. The number of fused-ring (bicyclic) bond motifs is 1. The van der Waals surface area contributed by atoms with Crippen LogP contribution in [0.4, 0.5) is 10.6 Å². The lowest BCUT2D eigenvalue weighted by Gasteiger charge is -2.32. The van der Waals surface area contributed by atoms with E-state index in [1.807, 2.05) is 30.0 Å².